The number of ether oxygens (including phenoxy) is 2. The van der Waals surface area contributed by atoms with Crippen molar-refractivity contribution < 1.29 is 19.1 Å². The Bertz CT molecular complexity index is 534. The number of esters is 2. The zero-order valence-corrected chi connectivity index (χ0v) is 13.7. The van der Waals surface area contributed by atoms with Crippen molar-refractivity contribution in [3.63, 3.8) is 0 Å². The summed E-state index contributed by atoms with van der Waals surface area (Å²) in [4.78, 5) is 25.4. The lowest BCUT2D eigenvalue weighted by molar-refractivity contribution is -0.139. The van der Waals surface area contributed by atoms with E-state index in [1.807, 2.05) is 35.2 Å². The number of benzene rings is 1. The molecule has 1 rings (SSSR count). The zero-order chi connectivity index (χ0) is 17.2. The van der Waals surface area contributed by atoms with Crippen molar-refractivity contribution in [2.24, 2.45) is 0 Å². The predicted octanol–water partition coefficient (Wildman–Crippen LogP) is 2.73. The first-order chi connectivity index (χ1) is 11.0. The van der Waals surface area contributed by atoms with Gasteiger partial charge in [0.25, 0.3) is 0 Å². The molecule has 1 aromatic rings. The Morgan fingerprint density at radius 2 is 1.35 bits per heavy atom. The molecule has 0 atom stereocenters. The Hall–Kier alpha value is -2.56. The van der Waals surface area contributed by atoms with Gasteiger partial charge in [0, 0.05) is 29.9 Å². The summed E-state index contributed by atoms with van der Waals surface area (Å²) in [6.45, 7) is 12.1. The summed E-state index contributed by atoms with van der Waals surface area (Å²) in [5.74, 6) is -0.898. The number of hydrogen-bond donors (Lipinski definition) is 0. The van der Waals surface area contributed by atoms with Crippen LogP contribution in [0.5, 0.6) is 0 Å². The minimum atomic E-state index is -0.449. The maximum atomic E-state index is 11.8. The molecule has 0 saturated carbocycles. The maximum Gasteiger partial charge on any atom is 0.335 e. The van der Waals surface area contributed by atoms with E-state index in [9.17, 15) is 9.59 Å². The minimum Gasteiger partial charge on any atom is -0.463 e. The standard InChI is InChI=1S/C18H23NO4/c1-5-22-17(20)14(3)12-19(16-10-8-7-9-11-16)13-15(4)18(21)23-6-2/h7-11H,3-6,12-13H2,1-2H3. The Kier molecular flexibility index (Phi) is 7.60. The van der Waals surface area contributed by atoms with Gasteiger partial charge in [0.2, 0.25) is 0 Å². The highest BCUT2D eigenvalue weighted by molar-refractivity contribution is 5.90. The van der Waals surface area contributed by atoms with Gasteiger partial charge in [0.15, 0.2) is 0 Å². The van der Waals surface area contributed by atoms with Crippen LogP contribution in [0.2, 0.25) is 0 Å². The quantitative estimate of drug-likeness (QED) is 0.518. The Morgan fingerprint density at radius 3 is 1.74 bits per heavy atom. The van der Waals surface area contributed by atoms with E-state index in [0.717, 1.165) is 5.69 Å². The van der Waals surface area contributed by atoms with Gasteiger partial charge in [0.1, 0.15) is 0 Å². The lowest BCUT2D eigenvalue weighted by Gasteiger charge is -2.25. The highest BCUT2D eigenvalue weighted by Gasteiger charge is 2.17. The van der Waals surface area contributed by atoms with E-state index in [2.05, 4.69) is 13.2 Å². The maximum absolute atomic E-state index is 11.8. The third kappa shape index (κ3) is 5.98. The van der Waals surface area contributed by atoms with Crippen LogP contribution in [0.25, 0.3) is 0 Å². The van der Waals surface area contributed by atoms with Crippen LogP contribution in [-0.4, -0.2) is 38.2 Å². The van der Waals surface area contributed by atoms with E-state index in [1.54, 1.807) is 13.8 Å². The number of hydrogen-bond acceptors (Lipinski definition) is 5. The summed E-state index contributed by atoms with van der Waals surface area (Å²) in [6.07, 6.45) is 0. The molecule has 0 unspecified atom stereocenters. The number of anilines is 1. The average Bonchev–Trinajstić information content (AvgIpc) is 2.55. The van der Waals surface area contributed by atoms with Gasteiger partial charge in [0.05, 0.1) is 13.2 Å². The number of rotatable bonds is 9. The molecule has 1 aromatic carbocycles. The monoisotopic (exact) mass is 317 g/mol. The molecule has 0 amide bonds. The van der Waals surface area contributed by atoms with Crippen molar-refractivity contribution in [3.05, 3.63) is 54.6 Å². The van der Waals surface area contributed by atoms with Crippen molar-refractivity contribution in [2.75, 3.05) is 31.2 Å². The fraction of sp³-hybridized carbons (Fsp3) is 0.333. The van der Waals surface area contributed by atoms with Crippen molar-refractivity contribution in [1.29, 1.82) is 0 Å². The second-order valence-corrected chi connectivity index (χ2v) is 4.84. The number of carbonyl (C=O) groups is 2. The van der Waals surface area contributed by atoms with Crippen LogP contribution in [0, 0.1) is 0 Å². The molecule has 124 valence electrons. The average molecular weight is 317 g/mol. The van der Waals surface area contributed by atoms with Crippen LogP contribution in [0.3, 0.4) is 0 Å². The molecule has 0 heterocycles. The molecule has 0 aliphatic carbocycles. The van der Waals surface area contributed by atoms with Crippen LogP contribution < -0.4 is 4.90 Å². The zero-order valence-electron chi connectivity index (χ0n) is 13.7. The summed E-state index contributed by atoms with van der Waals surface area (Å²) in [7, 11) is 0. The van der Waals surface area contributed by atoms with Gasteiger partial charge in [-0.25, -0.2) is 9.59 Å². The van der Waals surface area contributed by atoms with Crippen molar-refractivity contribution in [1.82, 2.24) is 0 Å². The molecule has 0 saturated heterocycles. The highest BCUT2D eigenvalue weighted by atomic mass is 16.5. The van der Waals surface area contributed by atoms with Crippen LogP contribution in [0.15, 0.2) is 54.6 Å². The van der Waals surface area contributed by atoms with Gasteiger partial charge in [-0.2, -0.15) is 0 Å². The third-order valence-electron chi connectivity index (χ3n) is 3.01. The van der Waals surface area contributed by atoms with Crippen molar-refractivity contribution in [2.45, 2.75) is 13.8 Å². The summed E-state index contributed by atoms with van der Waals surface area (Å²) in [5.41, 5.74) is 1.48. The van der Waals surface area contributed by atoms with Gasteiger partial charge in [-0.15, -0.1) is 0 Å². The molecule has 0 bridgehead atoms. The highest BCUT2D eigenvalue weighted by Crippen LogP contribution is 2.17. The number of carbonyl (C=O) groups excluding carboxylic acids is 2. The molecule has 0 aromatic heterocycles. The topological polar surface area (TPSA) is 55.8 Å². The van der Waals surface area contributed by atoms with Gasteiger partial charge in [-0.05, 0) is 26.0 Å². The summed E-state index contributed by atoms with van der Waals surface area (Å²) in [6, 6.07) is 9.42. The summed E-state index contributed by atoms with van der Waals surface area (Å²) < 4.78 is 9.90. The Morgan fingerprint density at radius 1 is 0.913 bits per heavy atom. The molecule has 0 aliphatic rings. The molecule has 0 N–H and O–H groups in total. The number of para-hydroxylation sites is 1. The molecule has 0 radical (unpaired) electrons. The lowest BCUT2D eigenvalue weighted by atomic mass is 10.2. The van der Waals surface area contributed by atoms with Crippen molar-refractivity contribution in [3.8, 4) is 0 Å². The second-order valence-electron chi connectivity index (χ2n) is 4.84. The van der Waals surface area contributed by atoms with E-state index in [4.69, 9.17) is 9.47 Å². The summed E-state index contributed by atoms with van der Waals surface area (Å²) in [5, 5.41) is 0. The van der Waals surface area contributed by atoms with Crippen LogP contribution >= 0.6 is 0 Å². The molecule has 0 fully saturated rings. The van der Waals surface area contributed by atoms with E-state index >= 15 is 0 Å². The molecule has 23 heavy (non-hydrogen) atoms. The summed E-state index contributed by atoms with van der Waals surface area (Å²) >= 11 is 0. The van der Waals surface area contributed by atoms with Crippen molar-refractivity contribution >= 4 is 17.6 Å². The van der Waals surface area contributed by atoms with E-state index in [-0.39, 0.29) is 13.1 Å². The third-order valence-corrected chi connectivity index (χ3v) is 3.01. The Labute approximate surface area is 137 Å². The molecule has 0 aliphatic heterocycles. The largest absolute Gasteiger partial charge is 0.463 e. The number of nitrogens with zero attached hydrogens (tertiary/aromatic N) is 1. The van der Waals surface area contributed by atoms with Gasteiger partial charge < -0.3 is 14.4 Å². The first kappa shape index (κ1) is 18.5. The lowest BCUT2D eigenvalue weighted by Crippen LogP contribution is -2.32. The van der Waals surface area contributed by atoms with Gasteiger partial charge >= 0.3 is 11.9 Å². The normalized spacial score (nSPS) is 9.83. The fourth-order valence-electron chi connectivity index (χ4n) is 1.93. The van der Waals surface area contributed by atoms with Gasteiger partial charge in [-0.3, -0.25) is 0 Å². The smallest absolute Gasteiger partial charge is 0.335 e. The fourth-order valence-corrected chi connectivity index (χ4v) is 1.93. The first-order valence-electron chi connectivity index (χ1n) is 7.49. The molecule has 5 heteroatoms. The minimum absolute atomic E-state index is 0.237. The Balaban J connectivity index is 2.86. The molecule has 5 nitrogen and oxygen atoms in total. The molecule has 0 spiro atoms. The van der Waals surface area contributed by atoms with Crippen LogP contribution in [-0.2, 0) is 19.1 Å². The van der Waals surface area contributed by atoms with Gasteiger partial charge in [-0.1, -0.05) is 31.4 Å². The second kappa shape index (κ2) is 9.46. The van der Waals surface area contributed by atoms with E-state index < -0.39 is 11.9 Å². The molecular formula is C18H23NO4. The van der Waals surface area contributed by atoms with Crippen LogP contribution in [0.4, 0.5) is 5.69 Å². The first-order valence-corrected chi connectivity index (χ1v) is 7.49. The van der Waals surface area contributed by atoms with E-state index in [1.165, 1.54) is 0 Å². The van der Waals surface area contributed by atoms with E-state index in [0.29, 0.717) is 24.4 Å². The molecular weight excluding hydrogens is 294 g/mol. The SMILES string of the molecule is C=C(CN(CC(=C)C(=O)OCC)c1ccccc1)C(=O)OCC. The predicted molar refractivity (Wildman–Crippen MR) is 90.2 cm³/mol. The van der Waals surface area contributed by atoms with Crippen LogP contribution in [0.1, 0.15) is 13.8 Å².